The number of hydrogen-bond donors (Lipinski definition) is 1. The Kier molecular flexibility index (Phi) is 3.20. The fraction of sp³-hybridized carbons (Fsp3) is 0.143. The van der Waals surface area contributed by atoms with Gasteiger partial charge in [0.2, 0.25) is 0 Å². The van der Waals surface area contributed by atoms with E-state index in [1.807, 2.05) is 6.07 Å². The molecule has 0 unspecified atom stereocenters. The van der Waals surface area contributed by atoms with Crippen molar-refractivity contribution in [3.63, 3.8) is 0 Å². The Morgan fingerprint density at radius 1 is 1.10 bits per heavy atom. The molecule has 1 aliphatic heterocycles. The minimum Gasteiger partial charge on any atom is -0.491 e. The molecule has 0 radical (unpaired) electrons. The largest absolute Gasteiger partial charge is 0.491 e. The van der Waals surface area contributed by atoms with E-state index in [1.54, 1.807) is 24.3 Å². The molecule has 0 atom stereocenters. The first-order valence-corrected chi connectivity index (χ1v) is 7.80. The molecule has 1 aliphatic rings. The van der Waals surface area contributed by atoms with Crippen LogP contribution in [0.15, 0.2) is 41.3 Å². The van der Waals surface area contributed by atoms with Gasteiger partial charge in [0.1, 0.15) is 10.6 Å². The minimum atomic E-state index is -4.32. The van der Waals surface area contributed by atoms with Gasteiger partial charge in [0.05, 0.1) is 6.61 Å². The van der Waals surface area contributed by atoms with Crippen LogP contribution in [0.5, 0.6) is 5.75 Å². The molecule has 1 heterocycles. The molecule has 4 nitrogen and oxygen atoms in total. The molecule has 0 saturated heterocycles. The van der Waals surface area contributed by atoms with E-state index in [2.05, 4.69) is 0 Å². The molecule has 1 N–H and O–H groups in total. The van der Waals surface area contributed by atoms with Gasteiger partial charge in [-0.3, -0.25) is 4.55 Å². The molecule has 104 valence electrons. The Bertz CT molecular complexity index is 767. The van der Waals surface area contributed by atoms with E-state index in [1.165, 1.54) is 6.07 Å². The molecular weight excluding hydrogens is 300 g/mol. The van der Waals surface area contributed by atoms with Crippen LogP contribution in [0, 0.1) is 0 Å². The summed E-state index contributed by atoms with van der Waals surface area (Å²) in [5, 5.41) is 0.605. The highest BCUT2D eigenvalue weighted by molar-refractivity contribution is 7.86. The molecular formula is C14H11ClO4S. The van der Waals surface area contributed by atoms with Crippen molar-refractivity contribution in [1.29, 1.82) is 0 Å². The molecule has 2 aromatic rings. The summed E-state index contributed by atoms with van der Waals surface area (Å²) in [6.45, 7) is 0.419. The highest BCUT2D eigenvalue weighted by atomic mass is 35.5. The predicted octanol–water partition coefficient (Wildman–Crippen LogP) is 3.19. The van der Waals surface area contributed by atoms with E-state index >= 15 is 0 Å². The van der Waals surface area contributed by atoms with Crippen molar-refractivity contribution in [3.05, 3.63) is 47.0 Å². The lowest BCUT2D eigenvalue weighted by atomic mass is 10.0. The Labute approximate surface area is 121 Å². The number of halogens is 1. The monoisotopic (exact) mass is 310 g/mol. The zero-order valence-corrected chi connectivity index (χ0v) is 11.9. The van der Waals surface area contributed by atoms with Crippen LogP contribution >= 0.6 is 11.6 Å². The Morgan fingerprint density at radius 2 is 1.80 bits per heavy atom. The molecule has 0 aliphatic carbocycles. The molecule has 0 saturated carbocycles. The maximum atomic E-state index is 11.5. The molecule has 0 aromatic heterocycles. The average Bonchev–Trinajstić information content (AvgIpc) is 2.85. The highest BCUT2D eigenvalue weighted by Crippen LogP contribution is 2.37. The van der Waals surface area contributed by atoms with Crippen LogP contribution in [-0.4, -0.2) is 19.6 Å². The first kappa shape index (κ1) is 13.4. The van der Waals surface area contributed by atoms with E-state index in [0.29, 0.717) is 23.6 Å². The van der Waals surface area contributed by atoms with Crippen LogP contribution in [-0.2, 0) is 16.5 Å². The molecule has 0 bridgehead atoms. The van der Waals surface area contributed by atoms with Gasteiger partial charge in [-0.15, -0.1) is 0 Å². The van der Waals surface area contributed by atoms with E-state index in [9.17, 15) is 13.0 Å². The number of benzene rings is 2. The third-order valence-corrected chi connectivity index (χ3v) is 4.32. The van der Waals surface area contributed by atoms with Crippen molar-refractivity contribution in [2.75, 3.05) is 6.61 Å². The zero-order valence-electron chi connectivity index (χ0n) is 10.3. The number of fused-ring (bicyclic) bond motifs is 1. The van der Waals surface area contributed by atoms with Crippen LogP contribution in [0.25, 0.3) is 11.1 Å². The summed E-state index contributed by atoms with van der Waals surface area (Å²) < 4.78 is 37.6. The second-order valence-corrected chi connectivity index (χ2v) is 6.37. The van der Waals surface area contributed by atoms with Crippen molar-refractivity contribution in [2.45, 2.75) is 11.3 Å². The summed E-state index contributed by atoms with van der Waals surface area (Å²) in [7, 11) is -4.32. The fourth-order valence-electron chi connectivity index (χ4n) is 2.27. The summed E-state index contributed by atoms with van der Waals surface area (Å²) >= 11 is 5.84. The normalized spacial score (nSPS) is 13.9. The van der Waals surface area contributed by atoms with Crippen molar-refractivity contribution < 1.29 is 17.7 Å². The number of ether oxygens (including phenoxy) is 1. The van der Waals surface area contributed by atoms with Crippen LogP contribution in [0.3, 0.4) is 0 Å². The van der Waals surface area contributed by atoms with Crippen LogP contribution in [0.1, 0.15) is 5.56 Å². The van der Waals surface area contributed by atoms with Crippen molar-refractivity contribution >= 4 is 21.7 Å². The van der Waals surface area contributed by atoms with Gasteiger partial charge >= 0.3 is 0 Å². The van der Waals surface area contributed by atoms with Crippen molar-refractivity contribution in [2.24, 2.45) is 0 Å². The van der Waals surface area contributed by atoms with E-state index < -0.39 is 10.1 Å². The maximum Gasteiger partial charge on any atom is 0.298 e. The van der Waals surface area contributed by atoms with E-state index in [-0.39, 0.29) is 10.6 Å². The highest BCUT2D eigenvalue weighted by Gasteiger charge is 2.25. The zero-order chi connectivity index (χ0) is 14.3. The average molecular weight is 311 g/mol. The summed E-state index contributed by atoms with van der Waals surface area (Å²) in [5.74, 6) is 0.255. The summed E-state index contributed by atoms with van der Waals surface area (Å²) in [6, 6.07) is 10.4. The third kappa shape index (κ3) is 2.40. The van der Waals surface area contributed by atoms with Gasteiger partial charge in [-0.05, 0) is 41.0 Å². The van der Waals surface area contributed by atoms with Crippen molar-refractivity contribution in [1.82, 2.24) is 0 Å². The Balaban J connectivity index is 2.21. The first-order chi connectivity index (χ1) is 9.45. The van der Waals surface area contributed by atoms with Gasteiger partial charge < -0.3 is 4.74 Å². The smallest absolute Gasteiger partial charge is 0.298 e. The fourth-order valence-corrected chi connectivity index (χ4v) is 3.10. The summed E-state index contributed by atoms with van der Waals surface area (Å²) in [6.07, 6.45) is 0.624. The Hall–Kier alpha value is -1.56. The second kappa shape index (κ2) is 4.77. The summed E-state index contributed by atoms with van der Waals surface area (Å²) in [4.78, 5) is -0.183. The number of hydrogen-bond acceptors (Lipinski definition) is 3. The quantitative estimate of drug-likeness (QED) is 0.865. The van der Waals surface area contributed by atoms with Gasteiger partial charge in [-0.25, -0.2) is 0 Å². The SMILES string of the molecule is O=S(=O)(O)c1cc(-c2ccc(Cl)cc2)cc2c1OCC2. The Morgan fingerprint density at radius 3 is 2.45 bits per heavy atom. The lowest BCUT2D eigenvalue weighted by Crippen LogP contribution is -2.01. The minimum absolute atomic E-state index is 0.183. The standard InChI is InChI=1S/C14H11ClO4S/c15-12-3-1-9(2-4-12)11-7-10-5-6-19-14(10)13(8-11)20(16,17)18/h1-4,7-8H,5-6H2,(H,16,17,18). The van der Waals surface area contributed by atoms with Gasteiger partial charge in [0, 0.05) is 11.4 Å². The lowest BCUT2D eigenvalue weighted by Gasteiger charge is -2.09. The topological polar surface area (TPSA) is 63.6 Å². The van der Waals surface area contributed by atoms with Crippen LogP contribution < -0.4 is 4.74 Å². The van der Waals surface area contributed by atoms with E-state index in [4.69, 9.17) is 16.3 Å². The lowest BCUT2D eigenvalue weighted by molar-refractivity contribution is 0.346. The molecule has 3 rings (SSSR count). The third-order valence-electron chi connectivity index (χ3n) is 3.21. The molecule has 6 heteroatoms. The van der Waals surface area contributed by atoms with E-state index in [0.717, 1.165) is 11.1 Å². The predicted molar refractivity (Wildman–Crippen MR) is 75.9 cm³/mol. The van der Waals surface area contributed by atoms with Gasteiger partial charge in [-0.1, -0.05) is 23.7 Å². The molecule has 20 heavy (non-hydrogen) atoms. The maximum absolute atomic E-state index is 11.5. The molecule has 0 spiro atoms. The molecule has 0 fully saturated rings. The molecule has 2 aromatic carbocycles. The van der Waals surface area contributed by atoms with Gasteiger partial charge in [0.25, 0.3) is 10.1 Å². The van der Waals surface area contributed by atoms with Gasteiger partial charge in [0.15, 0.2) is 0 Å². The number of rotatable bonds is 2. The second-order valence-electron chi connectivity index (χ2n) is 4.54. The van der Waals surface area contributed by atoms with Crippen molar-refractivity contribution in [3.8, 4) is 16.9 Å². The summed E-state index contributed by atoms with van der Waals surface area (Å²) in [5.41, 5.74) is 2.32. The van der Waals surface area contributed by atoms with Crippen LogP contribution in [0.4, 0.5) is 0 Å². The molecule has 0 amide bonds. The first-order valence-electron chi connectivity index (χ1n) is 5.98. The van der Waals surface area contributed by atoms with Gasteiger partial charge in [-0.2, -0.15) is 8.42 Å². The van der Waals surface area contributed by atoms with Crippen LogP contribution in [0.2, 0.25) is 5.02 Å².